The zero-order valence-corrected chi connectivity index (χ0v) is 14.5. The third-order valence-corrected chi connectivity index (χ3v) is 4.87. The molecule has 1 aromatic carbocycles. The van der Waals surface area contributed by atoms with E-state index in [9.17, 15) is 13.2 Å². The summed E-state index contributed by atoms with van der Waals surface area (Å²) in [5.41, 5.74) is 1.20. The van der Waals surface area contributed by atoms with Crippen LogP contribution in [-0.2, 0) is 14.8 Å². The van der Waals surface area contributed by atoms with Gasteiger partial charge in [0.05, 0.1) is 17.8 Å². The Hall–Kier alpha value is -2.16. The molecule has 2 N–H and O–H groups in total. The van der Waals surface area contributed by atoms with E-state index in [1.807, 2.05) is 0 Å². The molecule has 0 fully saturated rings. The van der Waals surface area contributed by atoms with Crippen molar-refractivity contribution in [3.05, 3.63) is 47.9 Å². The second-order valence-electron chi connectivity index (χ2n) is 5.39. The third-order valence-electron chi connectivity index (χ3n) is 3.26. The van der Waals surface area contributed by atoms with Crippen molar-refractivity contribution >= 4 is 21.6 Å². The zero-order chi connectivity index (χ0) is 17.7. The number of aryl methyl sites for hydroxylation is 1. The number of furan rings is 1. The van der Waals surface area contributed by atoms with Crippen LogP contribution >= 0.6 is 0 Å². The number of hydrogen-bond acceptors (Lipinski definition) is 5. The van der Waals surface area contributed by atoms with Crippen LogP contribution in [0.25, 0.3) is 0 Å². The molecular weight excluding hydrogens is 332 g/mol. The number of carbonyl (C=O) groups excluding carboxylic acids is 1. The maximum absolute atomic E-state index is 12.2. The number of carbonyl (C=O) groups is 1. The van der Waals surface area contributed by atoms with Crippen molar-refractivity contribution in [3.63, 3.8) is 0 Å². The van der Waals surface area contributed by atoms with Gasteiger partial charge in [-0.15, -0.1) is 0 Å². The number of amides is 1. The second-order valence-corrected chi connectivity index (χ2v) is 7.10. The van der Waals surface area contributed by atoms with Crippen molar-refractivity contribution in [2.24, 2.45) is 0 Å². The molecule has 0 saturated heterocycles. The molecule has 0 saturated carbocycles. The van der Waals surface area contributed by atoms with Gasteiger partial charge in [0.2, 0.25) is 10.0 Å². The lowest BCUT2D eigenvalue weighted by Crippen LogP contribution is -2.35. The summed E-state index contributed by atoms with van der Waals surface area (Å²) >= 11 is 0. The van der Waals surface area contributed by atoms with Crippen molar-refractivity contribution < 1.29 is 22.4 Å². The molecule has 8 heteroatoms. The van der Waals surface area contributed by atoms with E-state index in [-0.39, 0.29) is 29.2 Å². The summed E-state index contributed by atoms with van der Waals surface area (Å²) < 4.78 is 37.0. The van der Waals surface area contributed by atoms with Crippen molar-refractivity contribution in [1.29, 1.82) is 0 Å². The lowest BCUT2D eigenvalue weighted by Gasteiger charge is -2.13. The Balaban J connectivity index is 2.07. The van der Waals surface area contributed by atoms with Gasteiger partial charge < -0.3 is 14.5 Å². The minimum Gasteiger partial charge on any atom is -0.459 e. The Labute approximate surface area is 141 Å². The van der Waals surface area contributed by atoms with Crippen molar-refractivity contribution in [2.75, 3.05) is 19.0 Å². The van der Waals surface area contributed by atoms with Gasteiger partial charge in [-0.2, -0.15) is 0 Å². The summed E-state index contributed by atoms with van der Waals surface area (Å²) in [5.74, 6) is -0.165. The summed E-state index contributed by atoms with van der Waals surface area (Å²) in [7, 11) is -2.14. The number of nitrogens with one attached hydrogen (secondary N) is 2. The minimum atomic E-state index is -3.64. The predicted octanol–water partition coefficient (Wildman–Crippen LogP) is 2.15. The van der Waals surface area contributed by atoms with Gasteiger partial charge in [-0.3, -0.25) is 4.79 Å². The molecule has 1 amide bonds. The van der Waals surface area contributed by atoms with Gasteiger partial charge in [0.15, 0.2) is 5.76 Å². The predicted molar refractivity (Wildman–Crippen MR) is 89.5 cm³/mol. The minimum absolute atomic E-state index is 0.109. The molecule has 0 bridgehead atoms. The highest BCUT2D eigenvalue weighted by molar-refractivity contribution is 7.89. The fourth-order valence-electron chi connectivity index (χ4n) is 2.13. The van der Waals surface area contributed by atoms with Crippen molar-refractivity contribution in [2.45, 2.75) is 24.8 Å². The second kappa shape index (κ2) is 7.61. The van der Waals surface area contributed by atoms with Gasteiger partial charge >= 0.3 is 0 Å². The number of ether oxygens (including phenoxy) is 1. The molecule has 24 heavy (non-hydrogen) atoms. The Bertz CT molecular complexity index is 796. The van der Waals surface area contributed by atoms with Gasteiger partial charge in [-0.1, -0.05) is 0 Å². The van der Waals surface area contributed by atoms with Crippen molar-refractivity contribution in [3.8, 4) is 0 Å². The van der Waals surface area contributed by atoms with Gasteiger partial charge in [-0.25, -0.2) is 13.1 Å². The molecule has 0 aliphatic heterocycles. The first-order chi connectivity index (χ1) is 11.3. The lowest BCUT2D eigenvalue weighted by atomic mass is 10.2. The van der Waals surface area contributed by atoms with Gasteiger partial charge in [-0.05, 0) is 44.2 Å². The number of sulfonamides is 1. The topological polar surface area (TPSA) is 97.6 Å². The molecule has 0 aliphatic carbocycles. The Morgan fingerprint density at radius 2 is 1.92 bits per heavy atom. The number of benzene rings is 1. The number of methoxy groups -OCH3 is 1. The lowest BCUT2D eigenvalue weighted by molar-refractivity contribution is 0.0996. The third kappa shape index (κ3) is 4.44. The van der Waals surface area contributed by atoms with Crippen LogP contribution in [0.5, 0.6) is 0 Å². The summed E-state index contributed by atoms with van der Waals surface area (Å²) in [6, 6.07) is 7.23. The van der Waals surface area contributed by atoms with E-state index < -0.39 is 10.0 Å². The van der Waals surface area contributed by atoms with E-state index in [2.05, 4.69) is 10.0 Å². The Morgan fingerprint density at radius 1 is 1.25 bits per heavy atom. The number of rotatable bonds is 7. The molecule has 0 spiro atoms. The van der Waals surface area contributed by atoms with Crippen LogP contribution in [0, 0.1) is 6.92 Å². The van der Waals surface area contributed by atoms with E-state index in [4.69, 9.17) is 9.15 Å². The zero-order valence-electron chi connectivity index (χ0n) is 13.7. The number of hydrogen-bond donors (Lipinski definition) is 2. The average Bonchev–Trinajstić information content (AvgIpc) is 2.93. The smallest absolute Gasteiger partial charge is 0.291 e. The molecule has 130 valence electrons. The van der Waals surface area contributed by atoms with Crippen molar-refractivity contribution in [1.82, 2.24) is 4.72 Å². The fourth-order valence-corrected chi connectivity index (χ4v) is 3.36. The van der Waals surface area contributed by atoms with Gasteiger partial charge in [0.25, 0.3) is 5.91 Å². The maximum Gasteiger partial charge on any atom is 0.291 e. The van der Waals surface area contributed by atoms with Crippen LogP contribution in [0.15, 0.2) is 45.9 Å². The largest absolute Gasteiger partial charge is 0.459 e. The summed E-state index contributed by atoms with van der Waals surface area (Å²) in [6.07, 6.45) is 1.44. The normalized spacial score (nSPS) is 12.8. The molecule has 1 atom stereocenters. The highest BCUT2D eigenvalue weighted by Crippen LogP contribution is 2.16. The molecule has 1 heterocycles. The summed E-state index contributed by atoms with van der Waals surface area (Å²) in [6.45, 7) is 3.75. The fraction of sp³-hybridized carbons (Fsp3) is 0.312. The summed E-state index contributed by atoms with van der Waals surface area (Å²) in [4.78, 5) is 12.2. The SMILES string of the molecule is COCC(C)NS(=O)(=O)c1ccc(NC(=O)c2occc2C)cc1. The highest BCUT2D eigenvalue weighted by atomic mass is 32.2. The van der Waals surface area contributed by atoms with Crippen LogP contribution in [0.2, 0.25) is 0 Å². The standard InChI is InChI=1S/C16H20N2O5S/c1-11-8-9-23-15(11)16(19)17-13-4-6-14(7-5-13)24(20,21)18-12(2)10-22-3/h4-9,12,18H,10H2,1-3H3,(H,17,19). The molecule has 0 radical (unpaired) electrons. The van der Waals surface area contributed by atoms with Crippen LogP contribution in [0.1, 0.15) is 23.0 Å². The van der Waals surface area contributed by atoms with Gasteiger partial charge in [0.1, 0.15) is 0 Å². The molecule has 7 nitrogen and oxygen atoms in total. The highest BCUT2D eigenvalue weighted by Gasteiger charge is 2.18. The average molecular weight is 352 g/mol. The van der Waals surface area contributed by atoms with Gasteiger partial charge in [0, 0.05) is 24.4 Å². The molecule has 1 aromatic heterocycles. The van der Waals surface area contributed by atoms with Crippen LogP contribution < -0.4 is 10.0 Å². The van der Waals surface area contributed by atoms with Crippen LogP contribution in [0.4, 0.5) is 5.69 Å². The van der Waals surface area contributed by atoms with Crippen LogP contribution in [0.3, 0.4) is 0 Å². The molecular formula is C16H20N2O5S. The van der Waals surface area contributed by atoms with Crippen LogP contribution in [-0.4, -0.2) is 34.1 Å². The molecule has 2 aromatic rings. The van der Waals surface area contributed by atoms with E-state index in [0.29, 0.717) is 5.69 Å². The number of anilines is 1. The first-order valence-corrected chi connectivity index (χ1v) is 8.78. The molecule has 0 aliphatic rings. The van der Waals surface area contributed by atoms with E-state index in [1.54, 1.807) is 19.9 Å². The van der Waals surface area contributed by atoms with E-state index in [1.165, 1.54) is 37.6 Å². The molecule has 1 unspecified atom stereocenters. The Kier molecular flexibility index (Phi) is 5.76. The molecule has 2 rings (SSSR count). The maximum atomic E-state index is 12.2. The van der Waals surface area contributed by atoms with E-state index in [0.717, 1.165) is 5.56 Å². The first kappa shape index (κ1) is 18.2. The first-order valence-electron chi connectivity index (χ1n) is 7.30. The monoisotopic (exact) mass is 352 g/mol. The quantitative estimate of drug-likeness (QED) is 0.796. The Morgan fingerprint density at radius 3 is 2.46 bits per heavy atom. The summed E-state index contributed by atoms with van der Waals surface area (Å²) in [5, 5.41) is 2.66. The van der Waals surface area contributed by atoms with E-state index >= 15 is 0 Å².